The quantitative estimate of drug-likeness (QED) is 0.519. The van der Waals surface area contributed by atoms with Crippen LogP contribution in [-0.2, 0) is 4.79 Å². The molecule has 4 rings (SSSR count). The van der Waals surface area contributed by atoms with Crippen LogP contribution in [0.2, 0.25) is 0 Å². The van der Waals surface area contributed by atoms with Crippen LogP contribution in [0.1, 0.15) is 52.9 Å². The monoisotopic (exact) mass is 328 g/mol. The summed E-state index contributed by atoms with van der Waals surface area (Å²) in [5, 5.41) is 1.01. The third kappa shape index (κ3) is 2.02. The highest BCUT2D eigenvalue weighted by atomic mass is 35.5. The van der Waals surface area contributed by atoms with Crippen LogP contribution >= 0.6 is 11.6 Å². The van der Waals surface area contributed by atoms with Crippen LogP contribution in [0, 0.1) is 22.7 Å². The standard InChI is InChI=1S/C21H25ClO/c1-13(22)17-6-7-18-16-5-4-14-12-15(23)8-10-20(14,2)19(16)9-11-21(17,18)3/h8-10,12,16,18H,4-7,11H2,1-3H3/t16-,18-,20-,21+/m0/s1. The highest BCUT2D eigenvalue weighted by Crippen LogP contribution is 2.64. The lowest BCUT2D eigenvalue weighted by atomic mass is 9.53. The smallest absolute Gasteiger partial charge is 0.178 e. The molecule has 0 aromatic rings. The maximum atomic E-state index is 11.8. The van der Waals surface area contributed by atoms with E-state index in [1.165, 1.54) is 24.0 Å². The third-order valence-corrected chi connectivity index (χ3v) is 7.38. The molecular weight excluding hydrogens is 304 g/mol. The fraction of sp³-hybridized carbons (Fsp3) is 0.571. The Morgan fingerprint density at radius 3 is 2.78 bits per heavy atom. The second-order valence-corrected chi connectivity index (χ2v) is 8.76. The maximum Gasteiger partial charge on any atom is 0.178 e. The van der Waals surface area contributed by atoms with Gasteiger partial charge in [0.05, 0.1) is 0 Å². The highest BCUT2D eigenvalue weighted by Gasteiger charge is 2.53. The number of allylic oxidation sites excluding steroid dienone is 8. The molecule has 0 saturated heterocycles. The Bertz CT molecular complexity index is 703. The normalized spacial score (nSPS) is 44.1. The Kier molecular flexibility index (Phi) is 3.33. The summed E-state index contributed by atoms with van der Waals surface area (Å²) in [6.45, 7) is 6.79. The first-order chi connectivity index (χ1) is 10.9. The average molecular weight is 329 g/mol. The number of rotatable bonds is 0. The van der Waals surface area contributed by atoms with E-state index >= 15 is 0 Å². The van der Waals surface area contributed by atoms with Crippen LogP contribution in [-0.4, -0.2) is 5.78 Å². The van der Waals surface area contributed by atoms with Crippen molar-refractivity contribution in [1.82, 2.24) is 0 Å². The number of halogens is 1. The van der Waals surface area contributed by atoms with Crippen LogP contribution < -0.4 is 0 Å². The molecule has 122 valence electrons. The first kappa shape index (κ1) is 15.4. The van der Waals surface area contributed by atoms with Crippen molar-refractivity contribution in [3.8, 4) is 0 Å². The lowest BCUT2D eigenvalue weighted by Gasteiger charge is -2.51. The van der Waals surface area contributed by atoms with Gasteiger partial charge in [-0.05, 0) is 80.9 Å². The van der Waals surface area contributed by atoms with Crippen molar-refractivity contribution in [2.24, 2.45) is 22.7 Å². The zero-order valence-corrected chi connectivity index (χ0v) is 15.0. The summed E-state index contributed by atoms with van der Waals surface area (Å²) in [6.07, 6.45) is 14.0. The van der Waals surface area contributed by atoms with Crippen molar-refractivity contribution in [1.29, 1.82) is 0 Å². The molecule has 0 aromatic heterocycles. The van der Waals surface area contributed by atoms with Crippen molar-refractivity contribution < 1.29 is 4.79 Å². The molecule has 2 fully saturated rings. The first-order valence-electron chi connectivity index (χ1n) is 8.87. The molecule has 4 aliphatic carbocycles. The van der Waals surface area contributed by atoms with Crippen molar-refractivity contribution >= 4 is 17.4 Å². The fourth-order valence-corrected chi connectivity index (χ4v) is 6.22. The third-order valence-electron chi connectivity index (χ3n) is 7.15. The number of fused-ring (bicyclic) bond motifs is 5. The molecule has 0 heterocycles. The minimum absolute atomic E-state index is 0.0271. The minimum Gasteiger partial charge on any atom is -0.290 e. The van der Waals surface area contributed by atoms with E-state index in [0.717, 1.165) is 24.3 Å². The Morgan fingerprint density at radius 1 is 1.26 bits per heavy atom. The summed E-state index contributed by atoms with van der Waals surface area (Å²) < 4.78 is 0. The molecular formula is C21H25ClO. The van der Waals surface area contributed by atoms with Crippen LogP contribution in [0.4, 0.5) is 0 Å². The van der Waals surface area contributed by atoms with Crippen molar-refractivity contribution in [2.45, 2.75) is 52.9 Å². The topological polar surface area (TPSA) is 17.1 Å². The maximum absolute atomic E-state index is 11.8. The van der Waals surface area contributed by atoms with Gasteiger partial charge in [0, 0.05) is 10.4 Å². The van der Waals surface area contributed by atoms with Gasteiger partial charge in [-0.1, -0.05) is 41.8 Å². The summed E-state index contributed by atoms with van der Waals surface area (Å²) in [4.78, 5) is 11.8. The fourth-order valence-electron chi connectivity index (χ4n) is 5.91. The zero-order chi connectivity index (χ0) is 16.4. The van der Waals surface area contributed by atoms with Crippen molar-refractivity contribution in [3.05, 3.63) is 46.1 Å². The van der Waals surface area contributed by atoms with Crippen LogP contribution in [0.15, 0.2) is 46.1 Å². The molecule has 0 amide bonds. The first-order valence-corrected chi connectivity index (χ1v) is 9.24. The Morgan fingerprint density at radius 2 is 2.04 bits per heavy atom. The molecule has 0 N–H and O–H groups in total. The van der Waals surface area contributed by atoms with Gasteiger partial charge in [0.2, 0.25) is 0 Å². The van der Waals surface area contributed by atoms with Crippen LogP contribution in [0.25, 0.3) is 0 Å². The van der Waals surface area contributed by atoms with E-state index in [0.29, 0.717) is 11.8 Å². The SMILES string of the molecule is CC(Cl)=C1CC[C@H]2[C@@H]3CCC4=CC(=O)C=C[C@]4(C)C3=CC[C@]12C. The Labute approximate surface area is 144 Å². The summed E-state index contributed by atoms with van der Waals surface area (Å²) in [7, 11) is 0. The van der Waals surface area contributed by atoms with Gasteiger partial charge in [-0.3, -0.25) is 4.79 Å². The zero-order valence-electron chi connectivity index (χ0n) is 14.3. The Hall–Kier alpha value is -1.08. The second kappa shape index (κ2) is 4.96. The highest BCUT2D eigenvalue weighted by molar-refractivity contribution is 6.29. The molecule has 0 aromatic carbocycles. The molecule has 2 heteroatoms. The van der Waals surface area contributed by atoms with E-state index < -0.39 is 0 Å². The van der Waals surface area contributed by atoms with E-state index in [1.54, 1.807) is 11.6 Å². The molecule has 0 spiro atoms. The molecule has 1 nitrogen and oxygen atoms in total. The molecule has 23 heavy (non-hydrogen) atoms. The summed E-state index contributed by atoms with van der Waals surface area (Å²) in [5.74, 6) is 1.50. The summed E-state index contributed by atoms with van der Waals surface area (Å²) in [6, 6.07) is 0. The number of ketones is 1. The number of hydrogen-bond donors (Lipinski definition) is 0. The molecule has 0 aliphatic heterocycles. The van der Waals surface area contributed by atoms with Crippen LogP contribution in [0.3, 0.4) is 0 Å². The van der Waals surface area contributed by atoms with E-state index in [2.05, 4.69) is 32.9 Å². The van der Waals surface area contributed by atoms with Crippen molar-refractivity contribution in [2.75, 3.05) is 0 Å². The van der Waals surface area contributed by atoms with Gasteiger partial charge in [0.15, 0.2) is 5.78 Å². The molecule has 2 saturated carbocycles. The van der Waals surface area contributed by atoms with Gasteiger partial charge in [0.1, 0.15) is 0 Å². The van der Waals surface area contributed by atoms with Gasteiger partial charge in [-0.25, -0.2) is 0 Å². The van der Waals surface area contributed by atoms with E-state index in [9.17, 15) is 4.79 Å². The lowest BCUT2D eigenvalue weighted by molar-refractivity contribution is -0.110. The second-order valence-electron chi connectivity index (χ2n) is 8.19. The number of carbonyl (C=O) groups excluding carboxylic acids is 1. The molecule has 4 aliphatic rings. The van der Waals surface area contributed by atoms with Gasteiger partial charge in [0.25, 0.3) is 0 Å². The van der Waals surface area contributed by atoms with Crippen LogP contribution in [0.5, 0.6) is 0 Å². The largest absolute Gasteiger partial charge is 0.290 e. The predicted octanol–water partition coefficient (Wildman–Crippen LogP) is 5.73. The van der Waals surface area contributed by atoms with Crippen molar-refractivity contribution in [3.63, 3.8) is 0 Å². The van der Waals surface area contributed by atoms with Gasteiger partial charge < -0.3 is 0 Å². The summed E-state index contributed by atoms with van der Waals surface area (Å²) in [5.41, 5.74) is 4.58. The average Bonchev–Trinajstić information content (AvgIpc) is 2.85. The Balaban J connectivity index is 1.79. The lowest BCUT2D eigenvalue weighted by Crippen LogP contribution is -2.42. The molecule has 4 atom stereocenters. The van der Waals surface area contributed by atoms with E-state index in [-0.39, 0.29) is 16.6 Å². The number of hydrogen-bond acceptors (Lipinski definition) is 1. The minimum atomic E-state index is -0.0271. The molecule has 0 unspecified atom stereocenters. The van der Waals surface area contributed by atoms with Gasteiger partial charge in [-0.2, -0.15) is 0 Å². The molecule has 0 bridgehead atoms. The van der Waals surface area contributed by atoms with Gasteiger partial charge in [-0.15, -0.1) is 0 Å². The summed E-state index contributed by atoms with van der Waals surface area (Å²) >= 11 is 6.42. The number of carbonyl (C=O) groups is 1. The molecule has 0 radical (unpaired) electrons. The van der Waals surface area contributed by atoms with E-state index in [4.69, 9.17) is 11.6 Å². The van der Waals surface area contributed by atoms with E-state index in [1.807, 2.05) is 6.08 Å². The predicted molar refractivity (Wildman–Crippen MR) is 95.1 cm³/mol. The van der Waals surface area contributed by atoms with Gasteiger partial charge >= 0.3 is 0 Å².